The Morgan fingerprint density at radius 1 is 0.703 bits per heavy atom. The summed E-state index contributed by atoms with van der Waals surface area (Å²) in [5.74, 6) is -1.53. The fraction of sp³-hybridized carbons (Fsp3) is 0.229. The molecule has 184 valence electrons. The molecule has 0 unspecified atom stereocenters. The van der Waals surface area contributed by atoms with E-state index in [1.165, 1.54) is 5.39 Å². The molecule has 2 aromatic heterocycles. The zero-order valence-corrected chi connectivity index (χ0v) is 22.4. The van der Waals surface area contributed by atoms with Crippen LogP contribution in [0.4, 0.5) is 0 Å². The molecular formula is C35H34NO+. The minimum atomic E-state index is -0.766. The predicted molar refractivity (Wildman–Crippen MR) is 156 cm³/mol. The second-order valence-electron chi connectivity index (χ2n) is 10.6. The van der Waals surface area contributed by atoms with E-state index in [2.05, 4.69) is 97.5 Å². The van der Waals surface area contributed by atoms with Gasteiger partial charge in [-0.1, -0.05) is 88.4 Å². The lowest BCUT2D eigenvalue weighted by molar-refractivity contribution is -0.660. The van der Waals surface area contributed by atoms with Gasteiger partial charge in [0.05, 0.1) is 5.56 Å². The van der Waals surface area contributed by atoms with Crippen LogP contribution in [0.5, 0.6) is 0 Å². The highest BCUT2D eigenvalue weighted by Crippen LogP contribution is 2.40. The van der Waals surface area contributed by atoms with Crippen molar-refractivity contribution in [2.45, 2.75) is 46.4 Å². The molecule has 0 spiro atoms. The van der Waals surface area contributed by atoms with E-state index in [1.54, 1.807) is 0 Å². The first kappa shape index (κ1) is 21.2. The van der Waals surface area contributed by atoms with Gasteiger partial charge in [0, 0.05) is 31.0 Å². The van der Waals surface area contributed by atoms with Crippen molar-refractivity contribution in [3.63, 3.8) is 0 Å². The summed E-state index contributed by atoms with van der Waals surface area (Å²) in [5.41, 5.74) is 8.98. The van der Waals surface area contributed by atoms with Gasteiger partial charge in [-0.2, -0.15) is 0 Å². The molecule has 6 aromatic rings. The normalized spacial score (nSPS) is 13.4. The summed E-state index contributed by atoms with van der Waals surface area (Å²) in [6.07, 6.45) is 2.09. The predicted octanol–water partition coefficient (Wildman–Crippen LogP) is 9.45. The molecule has 4 aromatic carbocycles. The molecule has 6 rings (SSSR count). The largest absolute Gasteiger partial charge is 0.454 e. The molecule has 0 fully saturated rings. The van der Waals surface area contributed by atoms with Crippen molar-refractivity contribution in [1.82, 2.24) is 0 Å². The van der Waals surface area contributed by atoms with Crippen molar-refractivity contribution < 1.29 is 11.7 Å². The Morgan fingerprint density at radius 3 is 2.11 bits per heavy atom. The number of nitrogens with zero attached hydrogens (tertiary/aromatic N) is 1. The van der Waals surface area contributed by atoms with Crippen LogP contribution in [-0.4, -0.2) is 0 Å². The monoisotopic (exact) mass is 486 g/mol. The number of hydrogen-bond acceptors (Lipinski definition) is 1. The molecule has 2 nitrogen and oxygen atoms in total. The third kappa shape index (κ3) is 3.92. The van der Waals surface area contributed by atoms with Gasteiger partial charge in [0.15, 0.2) is 6.20 Å². The highest BCUT2D eigenvalue weighted by molar-refractivity contribution is 6.17. The lowest BCUT2D eigenvalue weighted by Crippen LogP contribution is -2.30. The van der Waals surface area contributed by atoms with Crippen LogP contribution in [0.15, 0.2) is 89.5 Å². The molecular weight excluding hydrogens is 450 g/mol. The van der Waals surface area contributed by atoms with Gasteiger partial charge < -0.3 is 4.42 Å². The second-order valence-corrected chi connectivity index (χ2v) is 10.6. The van der Waals surface area contributed by atoms with Gasteiger partial charge in [-0.25, -0.2) is 4.57 Å². The van der Waals surface area contributed by atoms with Crippen LogP contribution >= 0.6 is 0 Å². The standard InChI is InChI=1S/C35H34NO/c1-21(2)26-17-27(22(3)4)19-28(18-26)25-15-16-36(6)32(20-25)33-23(5)11-13-31-30-14-12-24-9-7-8-10-29(24)34(30)37-35(31)33/h7-22H,1-6H3/q+1/i21D,22D. The van der Waals surface area contributed by atoms with Crippen LogP contribution in [-0.2, 0) is 7.05 Å². The number of pyridine rings is 1. The molecule has 2 heteroatoms. The minimum Gasteiger partial charge on any atom is -0.454 e. The molecule has 0 aliphatic heterocycles. The number of benzene rings is 4. The van der Waals surface area contributed by atoms with Crippen LogP contribution < -0.4 is 4.57 Å². The highest BCUT2D eigenvalue weighted by atomic mass is 16.3. The summed E-state index contributed by atoms with van der Waals surface area (Å²) < 4.78 is 26.2. The maximum Gasteiger partial charge on any atom is 0.216 e. The fourth-order valence-electron chi connectivity index (χ4n) is 5.35. The molecule has 2 heterocycles. The molecule has 0 aliphatic rings. The van der Waals surface area contributed by atoms with Gasteiger partial charge in [-0.3, -0.25) is 0 Å². The maximum atomic E-state index is 8.70. The lowest BCUT2D eigenvalue weighted by atomic mass is 9.90. The van der Waals surface area contributed by atoms with E-state index in [-0.39, 0.29) is 0 Å². The number of hydrogen-bond donors (Lipinski definition) is 0. The van der Waals surface area contributed by atoms with E-state index in [9.17, 15) is 0 Å². The molecule has 0 saturated carbocycles. The first-order valence-electron chi connectivity index (χ1n) is 13.9. The Balaban J connectivity index is 1.61. The fourth-order valence-corrected chi connectivity index (χ4v) is 5.35. The number of aromatic nitrogens is 1. The Bertz CT molecular complexity index is 1870. The number of aryl methyl sites for hydroxylation is 2. The Labute approximate surface area is 222 Å². The molecule has 0 saturated heterocycles. The van der Waals surface area contributed by atoms with E-state index < -0.39 is 11.8 Å². The summed E-state index contributed by atoms with van der Waals surface area (Å²) in [7, 11) is 2.07. The van der Waals surface area contributed by atoms with Crippen molar-refractivity contribution >= 4 is 32.7 Å². The third-order valence-electron chi connectivity index (χ3n) is 7.57. The maximum absolute atomic E-state index is 8.70. The van der Waals surface area contributed by atoms with Crippen LogP contribution in [0.1, 0.15) is 58.9 Å². The number of furan rings is 1. The highest BCUT2D eigenvalue weighted by Gasteiger charge is 2.22. The molecule has 0 amide bonds. The molecule has 0 aliphatic carbocycles. The first-order chi connectivity index (χ1) is 18.4. The van der Waals surface area contributed by atoms with Crippen LogP contribution in [0.25, 0.3) is 55.1 Å². The average Bonchev–Trinajstić information content (AvgIpc) is 3.27. The second kappa shape index (κ2) is 8.88. The van der Waals surface area contributed by atoms with Crippen molar-refractivity contribution in [3.8, 4) is 22.4 Å². The number of rotatable bonds is 4. The zero-order chi connectivity index (χ0) is 27.7. The van der Waals surface area contributed by atoms with Gasteiger partial charge in [-0.05, 0) is 58.0 Å². The molecule has 0 N–H and O–H groups in total. The minimum absolute atomic E-state index is 0.766. The van der Waals surface area contributed by atoms with E-state index in [0.29, 0.717) is 0 Å². The third-order valence-corrected chi connectivity index (χ3v) is 7.57. The quantitative estimate of drug-likeness (QED) is 0.227. The van der Waals surface area contributed by atoms with Gasteiger partial charge in [-0.15, -0.1) is 0 Å². The molecule has 0 bridgehead atoms. The van der Waals surface area contributed by atoms with Crippen LogP contribution in [0.3, 0.4) is 0 Å². The Morgan fingerprint density at radius 2 is 1.38 bits per heavy atom. The molecule has 37 heavy (non-hydrogen) atoms. The van der Waals surface area contributed by atoms with Crippen LogP contribution in [0, 0.1) is 6.92 Å². The van der Waals surface area contributed by atoms with E-state index in [4.69, 9.17) is 7.16 Å². The van der Waals surface area contributed by atoms with Gasteiger partial charge >= 0.3 is 0 Å². The van der Waals surface area contributed by atoms with E-state index >= 15 is 0 Å². The van der Waals surface area contributed by atoms with E-state index in [1.807, 2.05) is 33.8 Å². The topological polar surface area (TPSA) is 17.0 Å². The summed E-state index contributed by atoms with van der Waals surface area (Å²) in [4.78, 5) is 0. The Hall–Kier alpha value is -3.91. The van der Waals surface area contributed by atoms with Crippen molar-refractivity contribution in [3.05, 3.63) is 102 Å². The van der Waals surface area contributed by atoms with Gasteiger partial charge in [0.1, 0.15) is 18.2 Å². The first-order valence-corrected chi connectivity index (χ1v) is 12.9. The molecule has 0 atom stereocenters. The molecule has 0 radical (unpaired) electrons. The Kier molecular flexibility index (Phi) is 5.09. The SMILES string of the molecule is [2H]C(C)(C)c1cc(-c2cc[n+](C)c(-c3c(C)ccc4c3oc3c5ccccc5ccc43)c2)cc(C([2H])(C)C)c1. The summed E-state index contributed by atoms with van der Waals surface area (Å²) in [6, 6.07) is 27.6. The number of fused-ring (bicyclic) bond motifs is 5. The van der Waals surface area contributed by atoms with Crippen molar-refractivity contribution in [1.29, 1.82) is 0 Å². The van der Waals surface area contributed by atoms with E-state index in [0.717, 1.165) is 66.4 Å². The zero-order valence-electron chi connectivity index (χ0n) is 24.4. The summed E-state index contributed by atoms with van der Waals surface area (Å²) in [5, 5.41) is 4.52. The van der Waals surface area contributed by atoms with Gasteiger partial charge in [0.2, 0.25) is 5.69 Å². The average molecular weight is 487 g/mol. The van der Waals surface area contributed by atoms with Gasteiger partial charge in [0.25, 0.3) is 0 Å². The lowest BCUT2D eigenvalue weighted by Gasteiger charge is -2.15. The van der Waals surface area contributed by atoms with Crippen LogP contribution in [0.2, 0.25) is 0 Å². The van der Waals surface area contributed by atoms with Crippen molar-refractivity contribution in [2.75, 3.05) is 0 Å². The summed E-state index contributed by atoms with van der Waals surface area (Å²) >= 11 is 0. The smallest absolute Gasteiger partial charge is 0.216 e. The summed E-state index contributed by atoms with van der Waals surface area (Å²) in [6.45, 7) is 9.74. The van der Waals surface area contributed by atoms with Crippen molar-refractivity contribution in [2.24, 2.45) is 7.05 Å².